The fourth-order valence-electron chi connectivity index (χ4n) is 3.06. The number of aromatic nitrogens is 1. The van der Waals surface area contributed by atoms with Gasteiger partial charge in [0.25, 0.3) is 5.91 Å². The fourth-order valence-corrected chi connectivity index (χ4v) is 3.06. The number of hydrogen-bond acceptors (Lipinski definition) is 4. The second kappa shape index (κ2) is 8.29. The summed E-state index contributed by atoms with van der Waals surface area (Å²) < 4.78 is 18.7. The van der Waals surface area contributed by atoms with Crippen LogP contribution < -0.4 is 5.32 Å². The van der Waals surface area contributed by atoms with Gasteiger partial charge < -0.3 is 19.9 Å². The van der Waals surface area contributed by atoms with E-state index in [1.54, 1.807) is 30.2 Å². The predicted molar refractivity (Wildman–Crippen MR) is 95.5 cm³/mol. The predicted octanol–water partition coefficient (Wildman–Crippen LogP) is 0.827. The van der Waals surface area contributed by atoms with Gasteiger partial charge in [0.1, 0.15) is 11.5 Å². The average Bonchev–Trinajstić information content (AvgIpc) is 3.08. The third kappa shape index (κ3) is 4.20. The zero-order valence-corrected chi connectivity index (χ0v) is 14.8. The lowest BCUT2D eigenvalue weighted by atomic mass is 10.2. The Morgan fingerprint density at radius 2 is 2.04 bits per heavy atom. The first-order valence-corrected chi connectivity index (χ1v) is 8.63. The number of amides is 2. The summed E-state index contributed by atoms with van der Waals surface area (Å²) in [4.78, 5) is 31.2. The van der Waals surface area contributed by atoms with Crippen LogP contribution >= 0.6 is 0 Å². The van der Waals surface area contributed by atoms with Crippen LogP contribution in [0.3, 0.4) is 0 Å². The minimum atomic E-state index is -0.345. The van der Waals surface area contributed by atoms with Crippen molar-refractivity contribution in [3.63, 3.8) is 0 Å². The van der Waals surface area contributed by atoms with Gasteiger partial charge in [0, 0.05) is 50.7 Å². The van der Waals surface area contributed by atoms with Gasteiger partial charge in [0.2, 0.25) is 5.91 Å². The maximum absolute atomic E-state index is 13.8. The largest absolute Gasteiger partial charge is 0.383 e. The Hall–Kier alpha value is -2.45. The molecule has 140 valence electrons. The molecule has 26 heavy (non-hydrogen) atoms. The zero-order chi connectivity index (χ0) is 18.5. The van der Waals surface area contributed by atoms with Gasteiger partial charge in [-0.25, -0.2) is 4.39 Å². The van der Waals surface area contributed by atoms with Crippen molar-refractivity contribution in [3.05, 3.63) is 35.8 Å². The maximum Gasteiger partial charge on any atom is 0.270 e. The van der Waals surface area contributed by atoms with Crippen molar-refractivity contribution in [2.45, 2.75) is 0 Å². The number of carbonyl (C=O) groups excluding carboxylic acids is 2. The van der Waals surface area contributed by atoms with Crippen molar-refractivity contribution in [2.24, 2.45) is 0 Å². The van der Waals surface area contributed by atoms with Crippen LogP contribution in [0, 0.1) is 5.82 Å². The number of nitrogens with one attached hydrogen (secondary N) is 2. The van der Waals surface area contributed by atoms with Crippen LogP contribution in [0.1, 0.15) is 10.5 Å². The highest BCUT2D eigenvalue weighted by Crippen LogP contribution is 2.20. The van der Waals surface area contributed by atoms with E-state index in [-0.39, 0.29) is 17.6 Å². The van der Waals surface area contributed by atoms with E-state index in [1.807, 2.05) is 4.90 Å². The number of halogens is 1. The molecule has 0 spiro atoms. The standard InChI is InChI=1S/C18H23FN4O3/c1-26-10-5-20-17(24)12-22-6-8-23(9-7-22)18(25)16-11-13-14(19)3-2-4-15(13)21-16/h2-4,11,21H,5-10,12H2,1H3,(H,20,24). The molecule has 2 N–H and O–H groups in total. The molecular formula is C18H23FN4O3. The van der Waals surface area contributed by atoms with Crippen molar-refractivity contribution in [2.75, 3.05) is 53.0 Å². The number of fused-ring (bicyclic) bond motifs is 1. The molecule has 2 aromatic rings. The SMILES string of the molecule is COCCNC(=O)CN1CCN(C(=O)c2cc3c(F)cccc3[nH]2)CC1. The Kier molecular flexibility index (Phi) is 5.85. The van der Waals surface area contributed by atoms with Crippen molar-refractivity contribution >= 4 is 22.7 Å². The van der Waals surface area contributed by atoms with E-state index in [4.69, 9.17) is 4.74 Å². The molecule has 0 aliphatic carbocycles. The minimum absolute atomic E-state index is 0.0482. The van der Waals surface area contributed by atoms with Crippen molar-refractivity contribution < 1.29 is 18.7 Å². The Balaban J connectivity index is 1.53. The summed E-state index contributed by atoms with van der Waals surface area (Å²) in [6.07, 6.45) is 0. The Morgan fingerprint density at radius 3 is 2.73 bits per heavy atom. The molecule has 1 aliphatic heterocycles. The normalized spacial score (nSPS) is 15.4. The average molecular weight is 362 g/mol. The molecule has 3 rings (SSSR count). The summed E-state index contributed by atoms with van der Waals surface area (Å²) >= 11 is 0. The van der Waals surface area contributed by atoms with Gasteiger partial charge in [-0.3, -0.25) is 14.5 Å². The van der Waals surface area contributed by atoms with Crippen LogP contribution in [0.25, 0.3) is 10.9 Å². The van der Waals surface area contributed by atoms with E-state index in [2.05, 4.69) is 10.3 Å². The number of ether oxygens (including phenoxy) is 1. The van der Waals surface area contributed by atoms with Crippen LogP contribution in [-0.4, -0.2) is 79.6 Å². The molecule has 1 fully saturated rings. The van der Waals surface area contributed by atoms with Gasteiger partial charge in [0.05, 0.1) is 13.2 Å². The Morgan fingerprint density at radius 1 is 1.27 bits per heavy atom. The lowest BCUT2D eigenvalue weighted by Crippen LogP contribution is -2.51. The zero-order valence-electron chi connectivity index (χ0n) is 14.8. The molecule has 2 heterocycles. The number of piperazine rings is 1. The molecule has 7 nitrogen and oxygen atoms in total. The highest BCUT2D eigenvalue weighted by atomic mass is 19.1. The molecule has 0 bridgehead atoms. The van der Waals surface area contributed by atoms with Crippen LogP contribution in [0.5, 0.6) is 0 Å². The number of benzene rings is 1. The van der Waals surface area contributed by atoms with E-state index < -0.39 is 0 Å². The van der Waals surface area contributed by atoms with Gasteiger partial charge in [-0.1, -0.05) is 6.07 Å². The smallest absolute Gasteiger partial charge is 0.270 e. The van der Waals surface area contributed by atoms with Gasteiger partial charge in [-0.05, 0) is 18.2 Å². The number of nitrogens with zero attached hydrogens (tertiary/aromatic N) is 2. The molecule has 2 amide bonds. The Bertz CT molecular complexity index is 784. The molecule has 0 radical (unpaired) electrons. The number of aromatic amines is 1. The van der Waals surface area contributed by atoms with Crippen molar-refractivity contribution in [1.82, 2.24) is 20.1 Å². The van der Waals surface area contributed by atoms with Crippen molar-refractivity contribution in [1.29, 1.82) is 0 Å². The molecule has 1 aromatic carbocycles. The lowest BCUT2D eigenvalue weighted by molar-refractivity contribution is -0.122. The summed E-state index contributed by atoms with van der Waals surface area (Å²) in [5.74, 6) is -0.542. The van der Waals surface area contributed by atoms with Crippen LogP contribution in [0.4, 0.5) is 4.39 Å². The lowest BCUT2D eigenvalue weighted by Gasteiger charge is -2.34. The van der Waals surface area contributed by atoms with Crippen LogP contribution in [-0.2, 0) is 9.53 Å². The summed E-state index contributed by atoms with van der Waals surface area (Å²) in [7, 11) is 1.59. The van der Waals surface area contributed by atoms with E-state index >= 15 is 0 Å². The first-order valence-electron chi connectivity index (χ1n) is 8.63. The Labute approximate surface area is 151 Å². The van der Waals surface area contributed by atoms with Crippen LogP contribution in [0.2, 0.25) is 0 Å². The van der Waals surface area contributed by atoms with E-state index in [0.29, 0.717) is 62.5 Å². The monoisotopic (exact) mass is 362 g/mol. The summed E-state index contributed by atoms with van der Waals surface area (Å²) in [6, 6.07) is 6.29. The number of carbonyl (C=O) groups is 2. The number of rotatable bonds is 6. The van der Waals surface area contributed by atoms with Gasteiger partial charge >= 0.3 is 0 Å². The summed E-state index contributed by atoms with van der Waals surface area (Å²) in [5.41, 5.74) is 0.996. The first kappa shape index (κ1) is 18.3. The molecule has 0 atom stereocenters. The maximum atomic E-state index is 13.8. The van der Waals surface area contributed by atoms with Gasteiger partial charge in [0.15, 0.2) is 0 Å². The molecule has 0 unspecified atom stereocenters. The number of methoxy groups -OCH3 is 1. The molecule has 1 aromatic heterocycles. The highest BCUT2D eigenvalue weighted by molar-refractivity contribution is 5.98. The topological polar surface area (TPSA) is 77.7 Å². The molecular weight excluding hydrogens is 339 g/mol. The number of H-pyrrole nitrogens is 1. The first-order chi connectivity index (χ1) is 12.6. The quantitative estimate of drug-likeness (QED) is 0.746. The van der Waals surface area contributed by atoms with Gasteiger partial charge in [-0.15, -0.1) is 0 Å². The van der Waals surface area contributed by atoms with Gasteiger partial charge in [-0.2, -0.15) is 0 Å². The van der Waals surface area contributed by atoms with E-state index in [1.165, 1.54) is 6.07 Å². The van der Waals surface area contributed by atoms with E-state index in [9.17, 15) is 14.0 Å². The fraction of sp³-hybridized carbons (Fsp3) is 0.444. The minimum Gasteiger partial charge on any atom is -0.383 e. The third-order valence-electron chi connectivity index (χ3n) is 4.50. The second-order valence-electron chi connectivity index (χ2n) is 6.30. The molecule has 1 aliphatic rings. The molecule has 0 saturated carbocycles. The van der Waals surface area contributed by atoms with Crippen LogP contribution in [0.15, 0.2) is 24.3 Å². The number of hydrogen-bond donors (Lipinski definition) is 2. The summed E-state index contributed by atoms with van der Waals surface area (Å²) in [6.45, 7) is 3.59. The molecule has 8 heteroatoms. The highest BCUT2D eigenvalue weighted by Gasteiger charge is 2.24. The van der Waals surface area contributed by atoms with Crippen molar-refractivity contribution in [3.8, 4) is 0 Å². The third-order valence-corrected chi connectivity index (χ3v) is 4.50. The molecule has 1 saturated heterocycles. The second-order valence-corrected chi connectivity index (χ2v) is 6.30. The summed E-state index contributed by atoms with van der Waals surface area (Å²) in [5, 5.41) is 3.20. The van der Waals surface area contributed by atoms with E-state index in [0.717, 1.165) is 0 Å².